The van der Waals surface area contributed by atoms with Crippen LogP contribution >= 0.6 is 23.2 Å². The molecule has 1 aliphatic carbocycles. The lowest BCUT2D eigenvalue weighted by Gasteiger charge is -2.19. The number of likely N-dealkylation sites (tertiary alicyclic amines) is 1. The molecule has 1 heterocycles. The summed E-state index contributed by atoms with van der Waals surface area (Å²) >= 11 is 11.9. The van der Waals surface area contributed by atoms with Gasteiger partial charge in [-0.05, 0) is 38.0 Å². The number of carbonyl (C=O) groups is 4. The predicted molar refractivity (Wildman–Crippen MR) is 103 cm³/mol. The fraction of sp³-hybridized carbons (Fsp3) is 0.474. The normalized spacial score (nSPS) is 22.6. The van der Waals surface area contributed by atoms with Gasteiger partial charge in [-0.15, -0.1) is 0 Å². The largest absolute Gasteiger partial charge is 0.451 e. The van der Waals surface area contributed by atoms with Gasteiger partial charge in [0, 0.05) is 5.02 Å². The maximum absolute atomic E-state index is 12.4. The summed E-state index contributed by atoms with van der Waals surface area (Å²) in [4.78, 5) is 50.2. The summed E-state index contributed by atoms with van der Waals surface area (Å²) < 4.78 is 5.09. The maximum atomic E-state index is 12.4. The second-order valence-corrected chi connectivity index (χ2v) is 7.85. The zero-order valence-corrected chi connectivity index (χ0v) is 16.8. The van der Waals surface area contributed by atoms with Crippen molar-refractivity contribution in [2.75, 3.05) is 11.9 Å². The molecule has 150 valence electrons. The molecule has 1 saturated heterocycles. The minimum absolute atomic E-state index is 0.284. The monoisotopic (exact) mass is 426 g/mol. The fourth-order valence-electron chi connectivity index (χ4n) is 3.63. The number of anilines is 1. The molecule has 1 aromatic carbocycles. The summed E-state index contributed by atoms with van der Waals surface area (Å²) in [5.41, 5.74) is 0.288. The van der Waals surface area contributed by atoms with Crippen LogP contribution in [0.15, 0.2) is 18.2 Å². The number of hydrogen-bond donors (Lipinski definition) is 1. The van der Waals surface area contributed by atoms with Crippen LogP contribution in [0.25, 0.3) is 0 Å². The molecule has 2 aliphatic rings. The zero-order valence-electron chi connectivity index (χ0n) is 15.2. The Kier molecular flexibility index (Phi) is 6.25. The van der Waals surface area contributed by atoms with Gasteiger partial charge in [-0.3, -0.25) is 24.1 Å². The number of halogens is 2. The Morgan fingerprint density at radius 1 is 1.18 bits per heavy atom. The number of rotatable bonds is 5. The highest BCUT2D eigenvalue weighted by Crippen LogP contribution is 2.37. The van der Waals surface area contributed by atoms with Gasteiger partial charge in [0.2, 0.25) is 11.8 Å². The molecule has 1 aromatic rings. The van der Waals surface area contributed by atoms with Gasteiger partial charge in [-0.25, -0.2) is 0 Å². The maximum Gasteiger partial charge on any atom is 0.326 e. The summed E-state index contributed by atoms with van der Waals surface area (Å²) in [5, 5.41) is 3.20. The molecule has 2 fully saturated rings. The molecule has 28 heavy (non-hydrogen) atoms. The van der Waals surface area contributed by atoms with Gasteiger partial charge in [0.15, 0.2) is 6.10 Å². The van der Waals surface area contributed by atoms with E-state index in [1.54, 1.807) is 6.07 Å². The van der Waals surface area contributed by atoms with E-state index in [4.69, 9.17) is 27.9 Å². The van der Waals surface area contributed by atoms with E-state index in [0.29, 0.717) is 17.9 Å². The van der Waals surface area contributed by atoms with Gasteiger partial charge in [0.05, 0.1) is 22.5 Å². The molecule has 3 amide bonds. The summed E-state index contributed by atoms with van der Waals surface area (Å²) in [6.07, 6.45) is 2.00. The van der Waals surface area contributed by atoms with Gasteiger partial charge >= 0.3 is 5.97 Å². The molecule has 9 heteroatoms. The van der Waals surface area contributed by atoms with E-state index in [0.717, 1.165) is 17.7 Å². The van der Waals surface area contributed by atoms with E-state index in [9.17, 15) is 19.2 Å². The Labute approximate surface area is 172 Å². The van der Waals surface area contributed by atoms with Crippen molar-refractivity contribution in [3.05, 3.63) is 28.2 Å². The van der Waals surface area contributed by atoms with Crippen molar-refractivity contribution in [2.45, 2.75) is 38.7 Å². The Hall–Kier alpha value is -2.12. The minimum atomic E-state index is -1.14. The molecule has 3 rings (SSSR count). The number of hydrogen-bond acceptors (Lipinski definition) is 5. The number of nitrogens with zero attached hydrogens (tertiary/aromatic N) is 1. The van der Waals surface area contributed by atoms with Crippen LogP contribution < -0.4 is 5.32 Å². The van der Waals surface area contributed by atoms with Crippen molar-refractivity contribution in [2.24, 2.45) is 11.8 Å². The Morgan fingerprint density at radius 2 is 1.79 bits per heavy atom. The van der Waals surface area contributed by atoms with Crippen LogP contribution in [0.2, 0.25) is 10.0 Å². The average molecular weight is 427 g/mol. The van der Waals surface area contributed by atoms with Crippen molar-refractivity contribution in [1.29, 1.82) is 0 Å². The molecule has 1 N–H and O–H groups in total. The summed E-state index contributed by atoms with van der Waals surface area (Å²) in [6.45, 7) is 0.902. The molecule has 1 saturated carbocycles. The van der Waals surface area contributed by atoms with Crippen LogP contribution in [0, 0.1) is 11.8 Å². The first-order valence-corrected chi connectivity index (χ1v) is 9.84. The molecule has 3 atom stereocenters. The third kappa shape index (κ3) is 4.31. The molecule has 7 nitrogen and oxygen atoms in total. The highest BCUT2D eigenvalue weighted by molar-refractivity contribution is 6.35. The molecular formula is C19H20Cl2N2O5. The molecule has 1 aliphatic heterocycles. The highest BCUT2D eigenvalue weighted by atomic mass is 35.5. The van der Waals surface area contributed by atoms with Crippen molar-refractivity contribution in [1.82, 2.24) is 4.90 Å². The topological polar surface area (TPSA) is 92.8 Å². The van der Waals surface area contributed by atoms with Gasteiger partial charge in [-0.2, -0.15) is 0 Å². The third-order valence-electron chi connectivity index (χ3n) is 5.08. The van der Waals surface area contributed by atoms with Crippen molar-refractivity contribution >= 4 is 52.6 Å². The fourth-order valence-corrected chi connectivity index (χ4v) is 3.97. The standard InChI is InChI=1S/C19H20Cl2N2O5/c1-10(17(25)22-15-8-11(20)6-7-14(15)21)28-16(24)9-23-18(26)12-4-2-3-5-13(12)19(23)27/h6-8,10,12-13H,2-5,9H2,1H3,(H,22,25). The first-order chi connectivity index (χ1) is 13.3. The number of esters is 1. The Balaban J connectivity index is 1.57. The lowest BCUT2D eigenvalue weighted by Crippen LogP contribution is -2.39. The number of ether oxygens (including phenoxy) is 1. The SMILES string of the molecule is CC(OC(=O)CN1C(=O)C2CCCCC2C1=O)C(=O)Nc1cc(Cl)ccc1Cl. The van der Waals surface area contributed by atoms with Crippen LogP contribution in [0.5, 0.6) is 0 Å². The Morgan fingerprint density at radius 3 is 2.39 bits per heavy atom. The average Bonchev–Trinajstić information content (AvgIpc) is 2.90. The van der Waals surface area contributed by atoms with Crippen LogP contribution in [0.3, 0.4) is 0 Å². The van der Waals surface area contributed by atoms with Crippen LogP contribution in [-0.4, -0.2) is 41.2 Å². The van der Waals surface area contributed by atoms with Gasteiger partial charge < -0.3 is 10.1 Å². The number of fused-ring (bicyclic) bond motifs is 1. The molecule has 0 radical (unpaired) electrons. The summed E-state index contributed by atoms with van der Waals surface area (Å²) in [7, 11) is 0. The molecule has 0 aromatic heterocycles. The lowest BCUT2D eigenvalue weighted by molar-refractivity contribution is -0.158. The second-order valence-electron chi connectivity index (χ2n) is 7.01. The van der Waals surface area contributed by atoms with Gasteiger partial charge in [-0.1, -0.05) is 36.0 Å². The molecule has 3 unspecified atom stereocenters. The van der Waals surface area contributed by atoms with Crippen LogP contribution in [0.1, 0.15) is 32.6 Å². The van der Waals surface area contributed by atoms with E-state index in [1.165, 1.54) is 19.1 Å². The number of nitrogens with one attached hydrogen (secondary N) is 1. The molecular weight excluding hydrogens is 407 g/mol. The van der Waals surface area contributed by atoms with E-state index in [-0.39, 0.29) is 34.4 Å². The van der Waals surface area contributed by atoms with E-state index in [1.807, 2.05) is 0 Å². The molecule has 0 bridgehead atoms. The zero-order chi connectivity index (χ0) is 20.4. The van der Waals surface area contributed by atoms with E-state index < -0.39 is 24.5 Å². The molecule has 0 spiro atoms. The van der Waals surface area contributed by atoms with Crippen molar-refractivity contribution < 1.29 is 23.9 Å². The number of imide groups is 1. The second kappa shape index (κ2) is 8.49. The summed E-state index contributed by atoms with van der Waals surface area (Å²) in [6, 6.07) is 4.57. The van der Waals surface area contributed by atoms with E-state index >= 15 is 0 Å². The quantitative estimate of drug-likeness (QED) is 0.576. The van der Waals surface area contributed by atoms with Crippen molar-refractivity contribution in [3.8, 4) is 0 Å². The van der Waals surface area contributed by atoms with E-state index in [2.05, 4.69) is 5.32 Å². The van der Waals surface area contributed by atoms with Gasteiger partial charge in [0.1, 0.15) is 6.54 Å². The lowest BCUT2D eigenvalue weighted by atomic mass is 9.81. The minimum Gasteiger partial charge on any atom is -0.451 e. The smallest absolute Gasteiger partial charge is 0.326 e. The van der Waals surface area contributed by atoms with Crippen LogP contribution in [-0.2, 0) is 23.9 Å². The highest BCUT2D eigenvalue weighted by Gasteiger charge is 2.48. The number of benzene rings is 1. The van der Waals surface area contributed by atoms with Crippen LogP contribution in [0.4, 0.5) is 5.69 Å². The van der Waals surface area contributed by atoms with Crippen molar-refractivity contribution in [3.63, 3.8) is 0 Å². The van der Waals surface area contributed by atoms with Gasteiger partial charge in [0.25, 0.3) is 5.91 Å². The third-order valence-corrected chi connectivity index (χ3v) is 5.65. The predicted octanol–water partition coefficient (Wildman–Crippen LogP) is 3.04. The first-order valence-electron chi connectivity index (χ1n) is 9.08. The first kappa shape index (κ1) is 20.6. The number of amides is 3. The number of carbonyl (C=O) groups excluding carboxylic acids is 4. The Bertz CT molecular complexity index is 805. The summed E-state index contributed by atoms with van der Waals surface area (Å²) in [5.74, 6) is -2.74.